The molecule has 0 N–H and O–H groups in total. The smallest absolute Gasteiger partial charge is 0.227 e. The van der Waals surface area contributed by atoms with E-state index in [4.69, 9.17) is 4.98 Å². The second-order valence-electron chi connectivity index (χ2n) is 9.58. The summed E-state index contributed by atoms with van der Waals surface area (Å²) in [7, 11) is 0. The van der Waals surface area contributed by atoms with Crippen LogP contribution in [-0.4, -0.2) is 50.9 Å². The van der Waals surface area contributed by atoms with Gasteiger partial charge in [0.2, 0.25) is 5.91 Å². The number of amides is 1. The lowest BCUT2D eigenvalue weighted by Crippen LogP contribution is -2.60. The molecule has 0 saturated carbocycles. The number of nitrogens with zero attached hydrogens (tertiary/aromatic N) is 4. The summed E-state index contributed by atoms with van der Waals surface area (Å²) < 4.78 is 2.41. The molecule has 5 nitrogen and oxygen atoms in total. The Kier molecular flexibility index (Phi) is 5.60. The van der Waals surface area contributed by atoms with E-state index in [1.54, 1.807) is 0 Å². The van der Waals surface area contributed by atoms with Crippen molar-refractivity contribution in [3.05, 3.63) is 78.2 Å². The molecule has 2 aliphatic heterocycles. The van der Waals surface area contributed by atoms with Crippen LogP contribution in [0.3, 0.4) is 0 Å². The third kappa shape index (κ3) is 3.86. The number of benzene rings is 2. The molecule has 5 rings (SSSR count). The van der Waals surface area contributed by atoms with Crippen LogP contribution in [0.4, 0.5) is 0 Å². The van der Waals surface area contributed by atoms with Crippen LogP contribution in [0.5, 0.6) is 0 Å². The predicted molar refractivity (Wildman–Crippen MR) is 127 cm³/mol. The summed E-state index contributed by atoms with van der Waals surface area (Å²) in [6, 6.07) is 21.0. The van der Waals surface area contributed by atoms with E-state index in [-0.39, 0.29) is 11.4 Å². The van der Waals surface area contributed by atoms with Gasteiger partial charge < -0.3 is 9.47 Å². The summed E-state index contributed by atoms with van der Waals surface area (Å²) in [5.41, 5.74) is 4.47. The second-order valence-corrected chi connectivity index (χ2v) is 9.58. The monoisotopic (exact) mass is 428 g/mol. The number of imidazole rings is 1. The molecule has 166 valence electrons. The van der Waals surface area contributed by atoms with Gasteiger partial charge in [-0.2, -0.15) is 0 Å². The summed E-state index contributed by atoms with van der Waals surface area (Å²) >= 11 is 0. The predicted octanol–water partition coefficient (Wildman–Crippen LogP) is 4.33. The summed E-state index contributed by atoms with van der Waals surface area (Å²) in [6.45, 7) is 7.97. The fourth-order valence-corrected chi connectivity index (χ4v) is 5.37. The lowest BCUT2D eigenvalue weighted by molar-refractivity contribution is -0.134. The van der Waals surface area contributed by atoms with E-state index in [2.05, 4.69) is 52.5 Å². The Labute approximate surface area is 190 Å². The molecule has 1 amide bonds. The lowest BCUT2D eigenvalue weighted by atomic mass is 9.85. The molecule has 1 aromatic heterocycles. The number of aromatic nitrogens is 2. The molecule has 3 aromatic rings. The van der Waals surface area contributed by atoms with Gasteiger partial charge in [0.15, 0.2) is 0 Å². The molecular formula is C27H32N4O. The molecular weight excluding hydrogens is 396 g/mol. The number of rotatable bonds is 4. The highest BCUT2D eigenvalue weighted by Crippen LogP contribution is 2.39. The van der Waals surface area contributed by atoms with Crippen LogP contribution in [0.25, 0.3) is 11.3 Å². The molecule has 5 heteroatoms. The molecule has 1 fully saturated rings. The number of hydrogen-bond donors (Lipinski definition) is 0. The van der Waals surface area contributed by atoms with Crippen molar-refractivity contribution in [2.45, 2.75) is 51.2 Å². The SMILES string of the molecule is CC(C)N1Cc2c(-c3ccccc3)ncn2C2(CCCN(C(=O)Cc3ccccc3)C2)C1. The highest BCUT2D eigenvalue weighted by Gasteiger charge is 2.45. The molecule has 2 aromatic carbocycles. The maximum absolute atomic E-state index is 13.2. The first-order valence-corrected chi connectivity index (χ1v) is 11.7. The quantitative estimate of drug-likeness (QED) is 0.621. The average Bonchev–Trinajstić information content (AvgIpc) is 3.25. The summed E-state index contributed by atoms with van der Waals surface area (Å²) in [4.78, 5) is 22.8. The minimum atomic E-state index is -0.123. The summed E-state index contributed by atoms with van der Waals surface area (Å²) in [6.07, 6.45) is 4.59. The Balaban J connectivity index is 1.48. The van der Waals surface area contributed by atoms with Crippen LogP contribution < -0.4 is 0 Å². The second kappa shape index (κ2) is 8.55. The van der Waals surface area contributed by atoms with Crippen molar-refractivity contribution in [3.8, 4) is 11.3 Å². The maximum Gasteiger partial charge on any atom is 0.227 e. The molecule has 1 saturated heterocycles. The lowest BCUT2D eigenvalue weighted by Gasteiger charge is -2.50. The zero-order valence-electron chi connectivity index (χ0n) is 19.1. The van der Waals surface area contributed by atoms with Crippen LogP contribution in [-0.2, 0) is 23.3 Å². The minimum absolute atomic E-state index is 0.123. The minimum Gasteiger partial charge on any atom is -0.340 e. The number of carbonyl (C=O) groups is 1. The van der Waals surface area contributed by atoms with E-state index in [9.17, 15) is 4.79 Å². The highest BCUT2D eigenvalue weighted by molar-refractivity contribution is 5.79. The zero-order valence-corrected chi connectivity index (χ0v) is 19.1. The van der Waals surface area contributed by atoms with E-state index < -0.39 is 0 Å². The third-order valence-electron chi connectivity index (χ3n) is 7.11. The van der Waals surface area contributed by atoms with Gasteiger partial charge in [0.1, 0.15) is 0 Å². The van der Waals surface area contributed by atoms with Crippen LogP contribution in [0.2, 0.25) is 0 Å². The molecule has 3 heterocycles. The normalized spacial score (nSPS) is 21.2. The maximum atomic E-state index is 13.2. The van der Waals surface area contributed by atoms with Gasteiger partial charge in [-0.05, 0) is 32.3 Å². The number of carbonyl (C=O) groups excluding carboxylic acids is 1. The van der Waals surface area contributed by atoms with Crippen LogP contribution in [0.1, 0.15) is 37.9 Å². The van der Waals surface area contributed by atoms with E-state index in [0.717, 1.165) is 55.8 Å². The van der Waals surface area contributed by atoms with Gasteiger partial charge >= 0.3 is 0 Å². The number of hydrogen-bond acceptors (Lipinski definition) is 3. The average molecular weight is 429 g/mol. The topological polar surface area (TPSA) is 41.4 Å². The van der Waals surface area contributed by atoms with E-state index in [0.29, 0.717) is 12.5 Å². The Bertz CT molecular complexity index is 1080. The van der Waals surface area contributed by atoms with Gasteiger partial charge in [0.05, 0.1) is 29.7 Å². The van der Waals surface area contributed by atoms with Crippen molar-refractivity contribution in [2.24, 2.45) is 0 Å². The molecule has 1 unspecified atom stereocenters. The zero-order chi connectivity index (χ0) is 22.1. The number of fused-ring (bicyclic) bond motifs is 2. The molecule has 2 aliphatic rings. The fraction of sp³-hybridized carbons (Fsp3) is 0.407. The molecule has 0 aliphatic carbocycles. The van der Waals surface area contributed by atoms with Crippen molar-refractivity contribution in [1.29, 1.82) is 0 Å². The fourth-order valence-electron chi connectivity index (χ4n) is 5.37. The molecule has 0 bridgehead atoms. The largest absolute Gasteiger partial charge is 0.340 e. The van der Waals surface area contributed by atoms with Gasteiger partial charge in [0.25, 0.3) is 0 Å². The first-order valence-electron chi connectivity index (χ1n) is 11.7. The first-order chi connectivity index (χ1) is 15.6. The summed E-state index contributed by atoms with van der Waals surface area (Å²) in [5, 5.41) is 0. The number of likely N-dealkylation sites (tertiary alicyclic amines) is 1. The number of piperidine rings is 1. The van der Waals surface area contributed by atoms with E-state index >= 15 is 0 Å². The van der Waals surface area contributed by atoms with Gasteiger partial charge in [-0.25, -0.2) is 4.98 Å². The Hall–Kier alpha value is -2.92. The molecule has 1 spiro atoms. The Morgan fingerprint density at radius 3 is 2.47 bits per heavy atom. The van der Waals surface area contributed by atoms with Crippen molar-refractivity contribution in [1.82, 2.24) is 19.4 Å². The summed E-state index contributed by atoms with van der Waals surface area (Å²) in [5.74, 6) is 0.224. The van der Waals surface area contributed by atoms with Crippen LogP contribution >= 0.6 is 0 Å². The van der Waals surface area contributed by atoms with Gasteiger partial charge in [0, 0.05) is 37.8 Å². The van der Waals surface area contributed by atoms with Crippen molar-refractivity contribution in [2.75, 3.05) is 19.6 Å². The molecule has 0 radical (unpaired) electrons. The van der Waals surface area contributed by atoms with Crippen molar-refractivity contribution >= 4 is 5.91 Å². The third-order valence-corrected chi connectivity index (χ3v) is 7.11. The van der Waals surface area contributed by atoms with Crippen LogP contribution in [0.15, 0.2) is 67.0 Å². The van der Waals surface area contributed by atoms with Crippen LogP contribution in [0, 0.1) is 0 Å². The molecule has 1 atom stereocenters. The van der Waals surface area contributed by atoms with E-state index in [1.165, 1.54) is 5.69 Å². The first kappa shape index (κ1) is 21.0. The van der Waals surface area contributed by atoms with Crippen molar-refractivity contribution in [3.63, 3.8) is 0 Å². The van der Waals surface area contributed by atoms with Gasteiger partial charge in [-0.1, -0.05) is 60.7 Å². The van der Waals surface area contributed by atoms with Gasteiger partial charge in [-0.3, -0.25) is 9.69 Å². The van der Waals surface area contributed by atoms with E-state index in [1.807, 2.05) is 42.7 Å². The Morgan fingerprint density at radius 1 is 1.03 bits per heavy atom. The Morgan fingerprint density at radius 2 is 1.75 bits per heavy atom. The standard InChI is InChI=1S/C27H32N4O/c1-21(2)30-17-24-26(23-12-7-4-8-13-23)28-20-31(24)27(19-30)14-9-15-29(18-27)25(32)16-22-10-5-3-6-11-22/h3-8,10-13,20-21H,9,14-19H2,1-2H3. The highest BCUT2D eigenvalue weighted by atomic mass is 16.2. The van der Waals surface area contributed by atoms with Gasteiger partial charge in [-0.15, -0.1) is 0 Å². The van der Waals surface area contributed by atoms with Crippen molar-refractivity contribution < 1.29 is 4.79 Å². The molecule has 32 heavy (non-hydrogen) atoms.